The fourth-order valence-corrected chi connectivity index (χ4v) is 8.22. The van der Waals surface area contributed by atoms with Gasteiger partial charge in [-0.25, -0.2) is 4.79 Å². The van der Waals surface area contributed by atoms with Crippen LogP contribution >= 0.6 is 0 Å². The summed E-state index contributed by atoms with van der Waals surface area (Å²) >= 11 is 0. The van der Waals surface area contributed by atoms with Gasteiger partial charge in [-0.3, -0.25) is 9.48 Å². The molecule has 37 heavy (non-hydrogen) atoms. The third-order valence-corrected chi connectivity index (χ3v) is 10.2. The molecule has 1 aromatic rings. The SMILES string of the molecule is CCOC(=O)N1C2CCC1CC(N1CCC3(CC1)CN(C(=O)c1cc(C)n(C)n1)CC1=C3CCCC1)C2. The Bertz CT molecular complexity index is 1050. The van der Waals surface area contributed by atoms with Crippen LogP contribution in [0.4, 0.5) is 4.79 Å². The van der Waals surface area contributed by atoms with E-state index in [0.717, 1.165) is 76.8 Å². The van der Waals surface area contributed by atoms with E-state index in [1.54, 1.807) is 10.3 Å². The number of amides is 2. The summed E-state index contributed by atoms with van der Waals surface area (Å²) in [6, 6.07) is 3.14. The number of hydrogen-bond acceptors (Lipinski definition) is 5. The van der Waals surface area contributed by atoms with Gasteiger partial charge in [0, 0.05) is 49.4 Å². The molecule has 2 bridgehead atoms. The smallest absolute Gasteiger partial charge is 0.410 e. The van der Waals surface area contributed by atoms with E-state index in [1.807, 2.05) is 27.0 Å². The Morgan fingerprint density at radius 3 is 2.43 bits per heavy atom. The molecule has 8 heteroatoms. The maximum atomic E-state index is 13.6. The zero-order chi connectivity index (χ0) is 25.7. The molecule has 1 spiro atoms. The molecule has 0 saturated carbocycles. The first-order valence-electron chi connectivity index (χ1n) is 14.6. The van der Waals surface area contributed by atoms with E-state index >= 15 is 0 Å². The van der Waals surface area contributed by atoms with E-state index < -0.39 is 0 Å². The van der Waals surface area contributed by atoms with Crippen LogP contribution in [0.15, 0.2) is 17.2 Å². The van der Waals surface area contributed by atoms with Crippen LogP contribution in [0.25, 0.3) is 0 Å². The van der Waals surface area contributed by atoms with Crippen LogP contribution in [0, 0.1) is 12.3 Å². The van der Waals surface area contributed by atoms with Gasteiger partial charge in [0.15, 0.2) is 5.69 Å². The Labute approximate surface area is 221 Å². The van der Waals surface area contributed by atoms with Crippen LogP contribution in [0.2, 0.25) is 0 Å². The highest BCUT2D eigenvalue weighted by atomic mass is 16.6. The molecule has 1 aliphatic carbocycles. The summed E-state index contributed by atoms with van der Waals surface area (Å²) in [6.07, 6.45) is 11.4. The number of aromatic nitrogens is 2. The van der Waals surface area contributed by atoms with Gasteiger partial charge in [0.2, 0.25) is 0 Å². The monoisotopic (exact) mass is 509 g/mol. The molecule has 202 valence electrons. The number of hydrogen-bond donors (Lipinski definition) is 0. The predicted molar refractivity (Wildman–Crippen MR) is 141 cm³/mol. The highest BCUT2D eigenvalue weighted by molar-refractivity contribution is 5.92. The molecule has 3 fully saturated rings. The Morgan fingerprint density at radius 2 is 1.78 bits per heavy atom. The van der Waals surface area contributed by atoms with Crippen molar-refractivity contribution < 1.29 is 14.3 Å². The minimum Gasteiger partial charge on any atom is -0.450 e. The van der Waals surface area contributed by atoms with Crippen LogP contribution in [0.5, 0.6) is 0 Å². The maximum absolute atomic E-state index is 13.6. The molecule has 4 aliphatic heterocycles. The largest absolute Gasteiger partial charge is 0.450 e. The second kappa shape index (κ2) is 9.75. The summed E-state index contributed by atoms with van der Waals surface area (Å²) in [5, 5.41) is 4.51. The fraction of sp³-hybridized carbons (Fsp3) is 0.759. The molecule has 5 aliphatic rings. The molecular formula is C29H43N5O3. The number of carbonyl (C=O) groups excluding carboxylic acids is 2. The van der Waals surface area contributed by atoms with E-state index in [-0.39, 0.29) is 17.4 Å². The van der Waals surface area contributed by atoms with Gasteiger partial charge in [0.25, 0.3) is 5.91 Å². The zero-order valence-electron chi connectivity index (χ0n) is 22.9. The second-order valence-electron chi connectivity index (χ2n) is 12.2. The standard InChI is InChI=1S/C29H43N5O3/c1-4-37-28(36)34-22-9-10-23(34)17-24(16-22)32-13-11-29(12-14-32)19-33(18-21-7-5-6-8-25(21)29)27(35)26-15-20(2)31(3)30-26/h15,22-24H,4-14,16-19H2,1-3H3. The molecule has 6 rings (SSSR count). The maximum Gasteiger partial charge on any atom is 0.410 e. The Morgan fingerprint density at radius 1 is 1.08 bits per heavy atom. The molecule has 3 saturated heterocycles. The van der Waals surface area contributed by atoms with Gasteiger partial charge in [0.1, 0.15) is 0 Å². The number of ether oxygens (including phenoxy) is 1. The number of likely N-dealkylation sites (tertiary alicyclic amines) is 1. The number of fused-ring (bicyclic) bond motifs is 3. The van der Waals surface area contributed by atoms with Gasteiger partial charge >= 0.3 is 6.09 Å². The number of aryl methyl sites for hydroxylation is 2. The first-order valence-corrected chi connectivity index (χ1v) is 14.6. The lowest BCUT2D eigenvalue weighted by atomic mass is 9.65. The summed E-state index contributed by atoms with van der Waals surface area (Å²) in [5.74, 6) is 0.0885. The van der Waals surface area contributed by atoms with Gasteiger partial charge in [-0.15, -0.1) is 0 Å². The lowest BCUT2D eigenvalue weighted by Crippen LogP contribution is -2.57. The van der Waals surface area contributed by atoms with Crippen molar-refractivity contribution >= 4 is 12.0 Å². The minimum absolute atomic E-state index is 0.0885. The fourth-order valence-electron chi connectivity index (χ4n) is 8.22. The minimum atomic E-state index is -0.113. The number of carbonyl (C=O) groups is 2. The quantitative estimate of drug-likeness (QED) is 0.569. The summed E-state index contributed by atoms with van der Waals surface area (Å²) in [6.45, 7) is 8.13. The third-order valence-electron chi connectivity index (χ3n) is 10.2. The van der Waals surface area contributed by atoms with Crippen molar-refractivity contribution in [2.24, 2.45) is 12.5 Å². The van der Waals surface area contributed by atoms with E-state index in [2.05, 4.69) is 19.8 Å². The average molecular weight is 510 g/mol. The molecule has 8 nitrogen and oxygen atoms in total. The highest BCUT2D eigenvalue weighted by Crippen LogP contribution is 2.50. The van der Waals surface area contributed by atoms with Crippen LogP contribution in [0.3, 0.4) is 0 Å². The topological polar surface area (TPSA) is 70.9 Å². The van der Waals surface area contributed by atoms with Crippen molar-refractivity contribution in [2.45, 2.75) is 96.2 Å². The van der Waals surface area contributed by atoms with Crippen LogP contribution < -0.4 is 0 Å². The first kappa shape index (κ1) is 25.0. The molecule has 2 amide bonds. The number of piperidine rings is 2. The van der Waals surface area contributed by atoms with Gasteiger partial charge < -0.3 is 19.4 Å². The summed E-state index contributed by atoms with van der Waals surface area (Å²) < 4.78 is 7.17. The van der Waals surface area contributed by atoms with Crippen LogP contribution in [-0.4, -0.2) is 87.4 Å². The van der Waals surface area contributed by atoms with Crippen molar-refractivity contribution in [3.8, 4) is 0 Å². The molecule has 2 atom stereocenters. The lowest BCUT2D eigenvalue weighted by Gasteiger charge is -2.53. The van der Waals surface area contributed by atoms with Gasteiger partial charge in [0.05, 0.1) is 6.61 Å². The van der Waals surface area contributed by atoms with Gasteiger partial charge in [-0.05, 0) is 97.2 Å². The summed E-state index contributed by atoms with van der Waals surface area (Å²) in [7, 11) is 1.91. The van der Waals surface area contributed by atoms with Crippen molar-refractivity contribution in [3.63, 3.8) is 0 Å². The van der Waals surface area contributed by atoms with E-state index in [9.17, 15) is 9.59 Å². The first-order chi connectivity index (χ1) is 17.9. The molecule has 0 radical (unpaired) electrons. The summed E-state index contributed by atoms with van der Waals surface area (Å²) in [4.78, 5) is 33.0. The normalized spacial score (nSPS) is 29.5. The molecule has 0 aromatic carbocycles. The van der Waals surface area contributed by atoms with E-state index in [4.69, 9.17) is 4.74 Å². The molecule has 5 heterocycles. The van der Waals surface area contributed by atoms with Crippen molar-refractivity contribution in [2.75, 3.05) is 32.8 Å². The van der Waals surface area contributed by atoms with Crippen molar-refractivity contribution in [1.29, 1.82) is 0 Å². The molecular weight excluding hydrogens is 466 g/mol. The highest BCUT2D eigenvalue weighted by Gasteiger charge is 2.49. The van der Waals surface area contributed by atoms with Crippen LogP contribution in [0.1, 0.15) is 87.3 Å². The molecule has 1 aromatic heterocycles. The predicted octanol–water partition coefficient (Wildman–Crippen LogP) is 4.29. The Hall–Kier alpha value is -2.35. The molecule has 0 N–H and O–H groups in total. The number of rotatable bonds is 3. The van der Waals surface area contributed by atoms with Crippen LogP contribution in [-0.2, 0) is 11.8 Å². The molecule has 2 unspecified atom stereocenters. The third kappa shape index (κ3) is 4.39. The Kier molecular flexibility index (Phi) is 6.58. The lowest BCUT2D eigenvalue weighted by molar-refractivity contribution is 0.0107. The van der Waals surface area contributed by atoms with Crippen molar-refractivity contribution in [3.05, 3.63) is 28.6 Å². The second-order valence-corrected chi connectivity index (χ2v) is 12.2. The van der Waals surface area contributed by atoms with E-state index in [0.29, 0.717) is 30.4 Å². The van der Waals surface area contributed by atoms with Gasteiger partial charge in [-0.1, -0.05) is 11.1 Å². The number of nitrogens with zero attached hydrogens (tertiary/aromatic N) is 5. The van der Waals surface area contributed by atoms with Crippen molar-refractivity contribution in [1.82, 2.24) is 24.5 Å². The average Bonchev–Trinajstić information content (AvgIpc) is 3.38. The van der Waals surface area contributed by atoms with Gasteiger partial charge in [-0.2, -0.15) is 5.10 Å². The zero-order valence-corrected chi connectivity index (χ0v) is 22.9. The van der Waals surface area contributed by atoms with E-state index in [1.165, 1.54) is 24.8 Å². The summed E-state index contributed by atoms with van der Waals surface area (Å²) in [5.41, 5.74) is 4.94. The Balaban J connectivity index is 1.16.